The van der Waals surface area contributed by atoms with E-state index in [2.05, 4.69) is 20.6 Å². The number of urea groups is 1. The SMILES string of the molecule is Cc1cc2c(NC(=O)N3CCCC3Cn3cccn3)cccc2nn1. The predicted octanol–water partition coefficient (Wildman–Crippen LogP) is 2.83. The number of nitrogens with one attached hydrogen (secondary N) is 1. The van der Waals surface area contributed by atoms with Crippen molar-refractivity contribution >= 4 is 22.6 Å². The van der Waals surface area contributed by atoms with E-state index in [-0.39, 0.29) is 12.1 Å². The second kappa shape index (κ2) is 6.51. The molecule has 3 aromatic rings. The molecule has 1 aliphatic rings. The number of hydrogen-bond acceptors (Lipinski definition) is 4. The van der Waals surface area contributed by atoms with Gasteiger partial charge in [-0.2, -0.15) is 15.3 Å². The Hall–Kier alpha value is -2.96. The van der Waals surface area contributed by atoms with Crippen molar-refractivity contribution in [2.75, 3.05) is 11.9 Å². The summed E-state index contributed by atoms with van der Waals surface area (Å²) in [5.41, 5.74) is 2.37. The number of carbonyl (C=O) groups is 1. The maximum atomic E-state index is 12.8. The lowest BCUT2D eigenvalue weighted by Crippen LogP contribution is -2.40. The summed E-state index contributed by atoms with van der Waals surface area (Å²) in [6.45, 7) is 3.38. The minimum absolute atomic E-state index is 0.0726. The Morgan fingerprint density at radius 2 is 2.24 bits per heavy atom. The van der Waals surface area contributed by atoms with Gasteiger partial charge in [0.05, 0.1) is 29.5 Å². The molecule has 0 saturated carbocycles. The van der Waals surface area contributed by atoms with Crippen LogP contribution in [0.1, 0.15) is 18.5 Å². The van der Waals surface area contributed by atoms with Crippen LogP contribution in [0, 0.1) is 6.92 Å². The average Bonchev–Trinajstić information content (AvgIpc) is 3.28. The number of amides is 2. The maximum absolute atomic E-state index is 12.8. The van der Waals surface area contributed by atoms with Crippen LogP contribution in [0.25, 0.3) is 10.9 Å². The lowest BCUT2D eigenvalue weighted by Gasteiger charge is -2.25. The Kier molecular flexibility index (Phi) is 4.05. The fourth-order valence-corrected chi connectivity index (χ4v) is 3.38. The first-order valence-corrected chi connectivity index (χ1v) is 8.49. The first-order chi connectivity index (χ1) is 12.2. The van der Waals surface area contributed by atoms with E-state index in [4.69, 9.17) is 0 Å². The van der Waals surface area contributed by atoms with Crippen LogP contribution in [0.4, 0.5) is 10.5 Å². The molecule has 1 fully saturated rings. The van der Waals surface area contributed by atoms with Gasteiger partial charge in [-0.05, 0) is 44.0 Å². The summed E-state index contributed by atoms with van der Waals surface area (Å²) in [5.74, 6) is 0. The topological polar surface area (TPSA) is 75.9 Å². The molecule has 0 bridgehead atoms. The van der Waals surface area contributed by atoms with Crippen LogP contribution in [0.3, 0.4) is 0 Å². The summed E-state index contributed by atoms with van der Waals surface area (Å²) in [4.78, 5) is 14.7. The van der Waals surface area contributed by atoms with E-state index < -0.39 is 0 Å². The number of anilines is 1. The minimum atomic E-state index is -0.0726. The molecule has 128 valence electrons. The summed E-state index contributed by atoms with van der Waals surface area (Å²) in [7, 11) is 0. The van der Waals surface area contributed by atoms with Gasteiger partial charge in [-0.25, -0.2) is 4.79 Å². The van der Waals surface area contributed by atoms with Gasteiger partial charge in [0, 0.05) is 24.3 Å². The maximum Gasteiger partial charge on any atom is 0.322 e. The van der Waals surface area contributed by atoms with Crippen molar-refractivity contribution in [3.05, 3.63) is 48.4 Å². The van der Waals surface area contributed by atoms with E-state index in [1.165, 1.54) is 0 Å². The molecule has 0 aliphatic carbocycles. The molecule has 2 aromatic heterocycles. The van der Waals surface area contributed by atoms with E-state index in [0.717, 1.165) is 48.2 Å². The molecule has 7 heteroatoms. The lowest BCUT2D eigenvalue weighted by molar-refractivity contribution is 0.199. The van der Waals surface area contributed by atoms with Crippen LogP contribution in [0.5, 0.6) is 0 Å². The number of aryl methyl sites for hydroxylation is 1. The summed E-state index contributed by atoms with van der Waals surface area (Å²) < 4.78 is 1.88. The molecule has 3 heterocycles. The first kappa shape index (κ1) is 15.6. The fourth-order valence-electron chi connectivity index (χ4n) is 3.38. The van der Waals surface area contributed by atoms with Crippen molar-refractivity contribution < 1.29 is 4.79 Å². The third-order valence-electron chi connectivity index (χ3n) is 4.59. The van der Waals surface area contributed by atoms with Crippen LogP contribution >= 0.6 is 0 Å². The highest BCUT2D eigenvalue weighted by Crippen LogP contribution is 2.24. The molecule has 1 saturated heterocycles. The highest BCUT2D eigenvalue weighted by Gasteiger charge is 2.29. The number of aromatic nitrogens is 4. The molecule has 2 amide bonds. The van der Waals surface area contributed by atoms with Gasteiger partial charge in [-0.3, -0.25) is 4.68 Å². The number of fused-ring (bicyclic) bond motifs is 1. The summed E-state index contributed by atoms with van der Waals surface area (Å²) in [6.07, 6.45) is 5.70. The molecule has 1 aromatic carbocycles. The van der Waals surface area contributed by atoms with Crippen molar-refractivity contribution in [1.29, 1.82) is 0 Å². The van der Waals surface area contributed by atoms with Gasteiger partial charge in [0.25, 0.3) is 0 Å². The Labute approximate surface area is 145 Å². The standard InChI is InChI=1S/C18H20N6O/c1-13-11-15-16(6-2-7-17(15)22-21-13)20-18(25)24-10-3-5-14(24)12-23-9-4-8-19-23/h2,4,6-9,11,14H,3,5,10,12H2,1H3,(H,20,25). The first-order valence-electron chi connectivity index (χ1n) is 8.49. The van der Waals surface area contributed by atoms with Gasteiger partial charge in [0.15, 0.2) is 0 Å². The van der Waals surface area contributed by atoms with Gasteiger partial charge < -0.3 is 10.2 Å². The van der Waals surface area contributed by atoms with Gasteiger partial charge >= 0.3 is 6.03 Å². The fraction of sp³-hybridized carbons (Fsp3) is 0.333. The van der Waals surface area contributed by atoms with E-state index in [9.17, 15) is 4.79 Å². The predicted molar refractivity (Wildman–Crippen MR) is 95.2 cm³/mol. The molecule has 1 N–H and O–H groups in total. The number of hydrogen-bond donors (Lipinski definition) is 1. The van der Waals surface area contributed by atoms with Crippen LogP contribution in [0.15, 0.2) is 42.7 Å². The summed E-state index contributed by atoms with van der Waals surface area (Å²) >= 11 is 0. The molecule has 25 heavy (non-hydrogen) atoms. The molecule has 0 radical (unpaired) electrons. The summed E-state index contributed by atoms with van der Waals surface area (Å²) in [6, 6.07) is 9.62. The van der Waals surface area contributed by atoms with Crippen LogP contribution < -0.4 is 5.32 Å². The normalized spacial score (nSPS) is 17.2. The molecule has 1 aliphatic heterocycles. The van der Waals surface area contributed by atoms with E-state index >= 15 is 0 Å². The van der Waals surface area contributed by atoms with Gasteiger partial charge in [-0.1, -0.05) is 6.07 Å². The Balaban J connectivity index is 1.54. The van der Waals surface area contributed by atoms with Crippen molar-refractivity contribution in [2.24, 2.45) is 0 Å². The van der Waals surface area contributed by atoms with Crippen LogP contribution in [-0.4, -0.2) is 43.5 Å². The number of benzene rings is 1. The summed E-state index contributed by atoms with van der Waals surface area (Å²) in [5, 5.41) is 16.5. The molecule has 4 rings (SSSR count). The van der Waals surface area contributed by atoms with E-state index in [1.54, 1.807) is 6.20 Å². The molecule has 1 atom stereocenters. The van der Waals surface area contributed by atoms with Gasteiger partial charge in [-0.15, -0.1) is 0 Å². The molecule has 7 nitrogen and oxygen atoms in total. The van der Waals surface area contributed by atoms with Gasteiger partial charge in [0.1, 0.15) is 0 Å². The number of rotatable bonds is 3. The van der Waals surface area contributed by atoms with Crippen molar-refractivity contribution in [3.63, 3.8) is 0 Å². The Morgan fingerprint density at radius 1 is 1.32 bits per heavy atom. The van der Waals surface area contributed by atoms with Crippen LogP contribution in [-0.2, 0) is 6.54 Å². The Morgan fingerprint density at radius 3 is 3.08 bits per heavy atom. The van der Waals surface area contributed by atoms with Gasteiger partial charge in [0.2, 0.25) is 0 Å². The quantitative estimate of drug-likeness (QED) is 0.798. The van der Waals surface area contributed by atoms with E-state index in [1.807, 2.05) is 53.0 Å². The monoisotopic (exact) mass is 336 g/mol. The van der Waals surface area contributed by atoms with Crippen molar-refractivity contribution in [3.8, 4) is 0 Å². The van der Waals surface area contributed by atoms with E-state index in [0.29, 0.717) is 0 Å². The number of nitrogens with zero attached hydrogens (tertiary/aromatic N) is 5. The zero-order chi connectivity index (χ0) is 17.2. The van der Waals surface area contributed by atoms with Crippen molar-refractivity contribution in [1.82, 2.24) is 24.9 Å². The Bertz CT molecular complexity index is 892. The zero-order valence-electron chi connectivity index (χ0n) is 14.1. The molecular formula is C18H20N6O. The van der Waals surface area contributed by atoms with Crippen LogP contribution in [0.2, 0.25) is 0 Å². The second-order valence-corrected chi connectivity index (χ2v) is 6.37. The second-order valence-electron chi connectivity index (χ2n) is 6.37. The molecule has 0 spiro atoms. The molecule has 1 unspecified atom stereocenters. The number of likely N-dealkylation sites (tertiary alicyclic amines) is 1. The molecular weight excluding hydrogens is 316 g/mol. The largest absolute Gasteiger partial charge is 0.322 e. The smallest absolute Gasteiger partial charge is 0.320 e. The number of carbonyl (C=O) groups excluding carboxylic acids is 1. The highest BCUT2D eigenvalue weighted by molar-refractivity contribution is 6.00. The minimum Gasteiger partial charge on any atom is -0.320 e. The third-order valence-corrected chi connectivity index (χ3v) is 4.59. The third kappa shape index (κ3) is 3.17. The zero-order valence-corrected chi connectivity index (χ0v) is 14.1. The van der Waals surface area contributed by atoms with Crippen molar-refractivity contribution in [2.45, 2.75) is 32.4 Å². The highest BCUT2D eigenvalue weighted by atomic mass is 16.2. The lowest BCUT2D eigenvalue weighted by atomic mass is 10.2. The average molecular weight is 336 g/mol.